The number of carboxylic acids is 1. The molecule has 0 aliphatic carbocycles. The van der Waals surface area contributed by atoms with Crippen molar-refractivity contribution in [3.63, 3.8) is 0 Å². The van der Waals surface area contributed by atoms with Crippen LogP contribution in [0.2, 0.25) is 0 Å². The van der Waals surface area contributed by atoms with Gasteiger partial charge in [-0.05, 0) is 37.6 Å². The maximum absolute atomic E-state index is 11.1. The fraction of sp³-hybridized carbons (Fsp3) is 0.500. The van der Waals surface area contributed by atoms with E-state index in [2.05, 4.69) is 20.8 Å². The predicted molar refractivity (Wildman–Crippen MR) is 76.3 cm³/mol. The SMILES string of the molecule is COc1ccc(Br)cc1CN1CCCC(C(=O)O)C1. The molecule has 104 valence electrons. The van der Waals surface area contributed by atoms with Crippen LogP contribution < -0.4 is 4.74 Å². The van der Waals surface area contributed by atoms with Gasteiger partial charge < -0.3 is 9.84 Å². The molecule has 1 heterocycles. The Balaban J connectivity index is 2.08. The lowest BCUT2D eigenvalue weighted by molar-refractivity contribution is -0.143. The summed E-state index contributed by atoms with van der Waals surface area (Å²) in [7, 11) is 1.66. The minimum absolute atomic E-state index is 0.244. The lowest BCUT2D eigenvalue weighted by Crippen LogP contribution is -2.38. The Morgan fingerprint density at radius 3 is 3.05 bits per heavy atom. The zero-order valence-electron chi connectivity index (χ0n) is 10.9. The van der Waals surface area contributed by atoms with Gasteiger partial charge >= 0.3 is 5.97 Å². The summed E-state index contributed by atoms with van der Waals surface area (Å²) in [5.74, 6) is -0.0848. The first-order valence-electron chi connectivity index (χ1n) is 6.37. The molecule has 1 atom stereocenters. The van der Waals surface area contributed by atoms with Crippen LogP contribution in [0.15, 0.2) is 22.7 Å². The Bertz CT molecular complexity index is 464. The van der Waals surface area contributed by atoms with Crippen molar-refractivity contribution in [3.05, 3.63) is 28.2 Å². The van der Waals surface area contributed by atoms with E-state index in [1.165, 1.54) is 0 Å². The van der Waals surface area contributed by atoms with Crippen molar-refractivity contribution in [2.45, 2.75) is 19.4 Å². The second kappa shape index (κ2) is 6.39. The monoisotopic (exact) mass is 327 g/mol. The number of carboxylic acid groups (broad SMARTS) is 1. The van der Waals surface area contributed by atoms with E-state index in [-0.39, 0.29) is 5.92 Å². The number of hydrogen-bond acceptors (Lipinski definition) is 3. The molecule has 5 heteroatoms. The molecule has 0 saturated carbocycles. The van der Waals surface area contributed by atoms with Gasteiger partial charge in [0.15, 0.2) is 0 Å². The van der Waals surface area contributed by atoms with Crippen molar-refractivity contribution in [1.82, 2.24) is 4.90 Å². The van der Waals surface area contributed by atoms with E-state index in [1.54, 1.807) is 7.11 Å². The molecule has 1 aromatic carbocycles. The van der Waals surface area contributed by atoms with Gasteiger partial charge in [-0.15, -0.1) is 0 Å². The fourth-order valence-corrected chi connectivity index (χ4v) is 2.92. The summed E-state index contributed by atoms with van der Waals surface area (Å²) in [6.07, 6.45) is 1.72. The molecule has 0 bridgehead atoms. The number of methoxy groups -OCH3 is 1. The van der Waals surface area contributed by atoms with Crippen LogP contribution in [0.4, 0.5) is 0 Å². The molecule has 0 aromatic heterocycles. The minimum Gasteiger partial charge on any atom is -0.496 e. The molecule has 1 N–H and O–H groups in total. The maximum Gasteiger partial charge on any atom is 0.307 e. The molecule has 0 spiro atoms. The van der Waals surface area contributed by atoms with Gasteiger partial charge in [-0.25, -0.2) is 0 Å². The van der Waals surface area contributed by atoms with Crippen LogP contribution in [-0.2, 0) is 11.3 Å². The van der Waals surface area contributed by atoms with E-state index in [9.17, 15) is 4.79 Å². The van der Waals surface area contributed by atoms with E-state index >= 15 is 0 Å². The van der Waals surface area contributed by atoms with Gasteiger partial charge in [-0.2, -0.15) is 0 Å². The Kier molecular flexibility index (Phi) is 4.82. The molecule has 19 heavy (non-hydrogen) atoms. The second-order valence-corrected chi connectivity index (χ2v) is 5.78. The Morgan fingerprint density at radius 2 is 2.37 bits per heavy atom. The number of piperidine rings is 1. The molecule has 1 aliphatic rings. The highest BCUT2D eigenvalue weighted by atomic mass is 79.9. The molecule has 1 unspecified atom stereocenters. The average molecular weight is 328 g/mol. The van der Waals surface area contributed by atoms with Gasteiger partial charge in [-0.3, -0.25) is 9.69 Å². The third-order valence-corrected chi connectivity index (χ3v) is 3.98. The van der Waals surface area contributed by atoms with E-state index in [0.717, 1.165) is 41.7 Å². The summed E-state index contributed by atoms with van der Waals surface area (Å²) in [5.41, 5.74) is 1.09. The molecule has 0 radical (unpaired) electrons. The van der Waals surface area contributed by atoms with E-state index < -0.39 is 5.97 Å². The van der Waals surface area contributed by atoms with Crippen LogP contribution >= 0.6 is 15.9 Å². The van der Waals surface area contributed by atoms with E-state index in [0.29, 0.717) is 6.54 Å². The van der Waals surface area contributed by atoms with Crippen LogP contribution in [0.5, 0.6) is 5.75 Å². The molecule has 1 aromatic rings. The highest BCUT2D eigenvalue weighted by Gasteiger charge is 2.25. The van der Waals surface area contributed by atoms with Crippen molar-refractivity contribution in [2.24, 2.45) is 5.92 Å². The number of benzene rings is 1. The smallest absolute Gasteiger partial charge is 0.307 e. The third-order valence-electron chi connectivity index (χ3n) is 3.49. The van der Waals surface area contributed by atoms with Crippen molar-refractivity contribution in [3.8, 4) is 5.75 Å². The first kappa shape index (κ1) is 14.3. The Labute approximate surface area is 121 Å². The van der Waals surface area contributed by atoms with Crippen LogP contribution in [0.1, 0.15) is 18.4 Å². The highest BCUT2D eigenvalue weighted by molar-refractivity contribution is 9.10. The lowest BCUT2D eigenvalue weighted by atomic mass is 9.98. The van der Waals surface area contributed by atoms with Crippen LogP contribution in [0.3, 0.4) is 0 Å². The van der Waals surface area contributed by atoms with Gasteiger partial charge in [0.1, 0.15) is 5.75 Å². The summed E-state index contributed by atoms with van der Waals surface area (Å²) in [6, 6.07) is 5.90. The number of likely N-dealkylation sites (tertiary alicyclic amines) is 1. The third kappa shape index (κ3) is 3.70. The quantitative estimate of drug-likeness (QED) is 0.923. The van der Waals surface area contributed by atoms with Gasteiger partial charge in [0.25, 0.3) is 0 Å². The number of aliphatic carboxylic acids is 1. The van der Waals surface area contributed by atoms with Crippen LogP contribution in [0.25, 0.3) is 0 Å². The van der Waals surface area contributed by atoms with Crippen LogP contribution in [-0.4, -0.2) is 36.2 Å². The van der Waals surface area contributed by atoms with Crippen molar-refractivity contribution in [1.29, 1.82) is 0 Å². The molecule has 2 rings (SSSR count). The molecule has 0 amide bonds. The molecular weight excluding hydrogens is 310 g/mol. The first-order chi connectivity index (χ1) is 9.10. The summed E-state index contributed by atoms with van der Waals surface area (Å²) >= 11 is 3.46. The average Bonchev–Trinajstić information content (AvgIpc) is 2.39. The number of carbonyl (C=O) groups is 1. The summed E-state index contributed by atoms with van der Waals surface area (Å²) in [4.78, 5) is 13.3. The second-order valence-electron chi connectivity index (χ2n) is 4.87. The van der Waals surface area contributed by atoms with Gasteiger partial charge in [0, 0.05) is 23.1 Å². The fourth-order valence-electron chi connectivity index (χ4n) is 2.51. The van der Waals surface area contributed by atoms with Gasteiger partial charge in [-0.1, -0.05) is 15.9 Å². The largest absolute Gasteiger partial charge is 0.496 e. The molecule has 1 saturated heterocycles. The topological polar surface area (TPSA) is 49.8 Å². The zero-order chi connectivity index (χ0) is 13.8. The number of hydrogen-bond donors (Lipinski definition) is 1. The molecular formula is C14H18BrNO3. The summed E-state index contributed by atoms with van der Waals surface area (Å²) < 4.78 is 6.36. The lowest BCUT2D eigenvalue weighted by Gasteiger charge is -2.31. The first-order valence-corrected chi connectivity index (χ1v) is 7.17. The molecule has 1 aliphatic heterocycles. The van der Waals surface area contributed by atoms with Crippen LogP contribution in [0, 0.1) is 5.92 Å². The van der Waals surface area contributed by atoms with Gasteiger partial charge in [0.05, 0.1) is 13.0 Å². The van der Waals surface area contributed by atoms with Crippen molar-refractivity contribution < 1.29 is 14.6 Å². The van der Waals surface area contributed by atoms with Crippen molar-refractivity contribution >= 4 is 21.9 Å². The highest BCUT2D eigenvalue weighted by Crippen LogP contribution is 2.26. The number of rotatable bonds is 4. The molecule has 4 nitrogen and oxygen atoms in total. The summed E-state index contributed by atoms with van der Waals surface area (Å²) in [6.45, 7) is 2.29. The number of ether oxygens (including phenoxy) is 1. The minimum atomic E-state index is -0.689. The number of nitrogens with zero attached hydrogens (tertiary/aromatic N) is 1. The summed E-state index contributed by atoms with van der Waals surface area (Å²) in [5, 5.41) is 9.11. The Morgan fingerprint density at radius 1 is 1.58 bits per heavy atom. The van der Waals surface area contributed by atoms with Crippen molar-refractivity contribution in [2.75, 3.05) is 20.2 Å². The van der Waals surface area contributed by atoms with E-state index in [1.807, 2.05) is 18.2 Å². The van der Waals surface area contributed by atoms with E-state index in [4.69, 9.17) is 9.84 Å². The normalized spacial score (nSPS) is 20.2. The van der Waals surface area contributed by atoms with Gasteiger partial charge in [0.2, 0.25) is 0 Å². The standard InChI is InChI=1S/C14H18BrNO3/c1-19-13-5-4-12(15)7-11(13)9-16-6-2-3-10(8-16)14(17)18/h4-5,7,10H,2-3,6,8-9H2,1H3,(H,17,18). The molecule has 1 fully saturated rings. The predicted octanol–water partition coefficient (Wildman–Crippen LogP) is 2.75. The maximum atomic E-state index is 11.1. The Hall–Kier alpha value is -1.07. The zero-order valence-corrected chi connectivity index (χ0v) is 12.5. The number of halogens is 1.